The fourth-order valence-electron chi connectivity index (χ4n) is 1.98. The Morgan fingerprint density at radius 3 is 2.58 bits per heavy atom. The van der Waals surface area contributed by atoms with Gasteiger partial charge in [0.15, 0.2) is 17.4 Å². The highest BCUT2D eigenvalue weighted by Crippen LogP contribution is 2.24. The van der Waals surface area contributed by atoms with Crippen LogP contribution in [-0.2, 0) is 0 Å². The topological polar surface area (TPSA) is 30.2 Å². The molecule has 0 aliphatic carbocycles. The van der Waals surface area contributed by atoms with Gasteiger partial charge in [0.05, 0.1) is 11.1 Å². The van der Waals surface area contributed by atoms with Crippen molar-refractivity contribution in [3.8, 4) is 0 Å². The summed E-state index contributed by atoms with van der Waals surface area (Å²) < 4.78 is 32.0. The molecule has 0 aliphatic heterocycles. The number of fused-ring (bicyclic) bond motifs is 1. The predicted molar refractivity (Wildman–Crippen MR) is 66.0 cm³/mol. The SMILES string of the molecule is O=C(c1cccc(F)c1F)c1coc2ccccc12. The third kappa shape index (κ3) is 1.81. The molecule has 94 valence electrons. The monoisotopic (exact) mass is 258 g/mol. The molecule has 0 fully saturated rings. The lowest BCUT2D eigenvalue weighted by molar-refractivity contribution is 0.103. The fourth-order valence-corrected chi connectivity index (χ4v) is 1.98. The van der Waals surface area contributed by atoms with Gasteiger partial charge in [0, 0.05) is 5.39 Å². The molecule has 0 N–H and O–H groups in total. The van der Waals surface area contributed by atoms with Crippen molar-refractivity contribution >= 4 is 16.8 Å². The van der Waals surface area contributed by atoms with Crippen molar-refractivity contribution in [1.82, 2.24) is 0 Å². The minimum absolute atomic E-state index is 0.222. The van der Waals surface area contributed by atoms with Gasteiger partial charge in [-0.05, 0) is 18.2 Å². The van der Waals surface area contributed by atoms with E-state index in [1.165, 1.54) is 18.4 Å². The Labute approximate surface area is 107 Å². The fraction of sp³-hybridized carbons (Fsp3) is 0. The first kappa shape index (κ1) is 11.6. The van der Waals surface area contributed by atoms with Crippen molar-refractivity contribution in [2.75, 3.05) is 0 Å². The maximum Gasteiger partial charge on any atom is 0.199 e. The molecular weight excluding hydrogens is 250 g/mol. The molecule has 0 unspecified atom stereocenters. The Hall–Kier alpha value is -2.49. The van der Waals surface area contributed by atoms with E-state index in [0.717, 1.165) is 6.07 Å². The molecule has 0 atom stereocenters. The van der Waals surface area contributed by atoms with Crippen LogP contribution in [0.3, 0.4) is 0 Å². The van der Waals surface area contributed by atoms with Gasteiger partial charge < -0.3 is 4.42 Å². The van der Waals surface area contributed by atoms with Gasteiger partial charge in [0.2, 0.25) is 0 Å². The standard InChI is InChI=1S/C15H8F2O2/c16-12-6-3-5-10(14(12)17)15(18)11-8-19-13-7-2-1-4-9(11)13/h1-8H. The number of rotatable bonds is 2. The average molecular weight is 258 g/mol. The molecule has 2 nitrogen and oxygen atoms in total. The van der Waals surface area contributed by atoms with Crippen molar-refractivity contribution in [2.45, 2.75) is 0 Å². The minimum Gasteiger partial charge on any atom is -0.464 e. The van der Waals surface area contributed by atoms with Gasteiger partial charge in [-0.3, -0.25) is 4.79 Å². The van der Waals surface area contributed by atoms with Crippen molar-refractivity contribution < 1.29 is 18.0 Å². The number of hydrogen-bond acceptors (Lipinski definition) is 2. The molecule has 1 heterocycles. The molecule has 0 spiro atoms. The normalized spacial score (nSPS) is 10.8. The van der Waals surface area contributed by atoms with E-state index in [0.29, 0.717) is 11.0 Å². The second kappa shape index (κ2) is 4.31. The molecule has 0 amide bonds. The molecule has 4 heteroatoms. The summed E-state index contributed by atoms with van der Waals surface area (Å²) in [4.78, 5) is 12.2. The summed E-state index contributed by atoms with van der Waals surface area (Å²) in [5.74, 6) is -2.78. The van der Waals surface area contributed by atoms with Crippen LogP contribution in [-0.4, -0.2) is 5.78 Å². The van der Waals surface area contributed by atoms with E-state index in [1.807, 2.05) is 0 Å². The average Bonchev–Trinajstić information content (AvgIpc) is 2.85. The Morgan fingerprint density at radius 2 is 1.74 bits per heavy atom. The van der Waals surface area contributed by atoms with Gasteiger partial charge in [-0.25, -0.2) is 8.78 Å². The van der Waals surface area contributed by atoms with E-state index in [2.05, 4.69) is 0 Å². The summed E-state index contributed by atoms with van der Waals surface area (Å²) in [5, 5.41) is 0.580. The first-order chi connectivity index (χ1) is 9.18. The summed E-state index contributed by atoms with van der Waals surface area (Å²) in [7, 11) is 0. The number of benzene rings is 2. The number of hydrogen-bond donors (Lipinski definition) is 0. The number of ketones is 1. The van der Waals surface area contributed by atoms with E-state index >= 15 is 0 Å². The zero-order valence-electron chi connectivity index (χ0n) is 9.69. The van der Waals surface area contributed by atoms with E-state index in [4.69, 9.17) is 4.42 Å². The van der Waals surface area contributed by atoms with Gasteiger partial charge in [0.1, 0.15) is 11.8 Å². The Morgan fingerprint density at radius 1 is 0.947 bits per heavy atom. The van der Waals surface area contributed by atoms with Crippen LogP contribution in [0.5, 0.6) is 0 Å². The van der Waals surface area contributed by atoms with E-state index < -0.39 is 17.4 Å². The molecule has 0 saturated carbocycles. The smallest absolute Gasteiger partial charge is 0.199 e. The van der Waals surface area contributed by atoms with Gasteiger partial charge in [-0.2, -0.15) is 0 Å². The van der Waals surface area contributed by atoms with Crippen LogP contribution in [0.1, 0.15) is 15.9 Å². The zero-order valence-corrected chi connectivity index (χ0v) is 9.69. The summed E-state index contributed by atoms with van der Waals surface area (Å²) in [6.45, 7) is 0. The maximum atomic E-state index is 13.6. The van der Waals surface area contributed by atoms with Crippen LogP contribution >= 0.6 is 0 Å². The van der Waals surface area contributed by atoms with E-state index in [-0.39, 0.29) is 11.1 Å². The van der Waals surface area contributed by atoms with Crippen molar-refractivity contribution in [3.63, 3.8) is 0 Å². The third-order valence-electron chi connectivity index (χ3n) is 2.92. The molecule has 2 aromatic carbocycles. The Balaban J connectivity index is 2.17. The lowest BCUT2D eigenvalue weighted by Gasteiger charge is -2.01. The molecule has 0 saturated heterocycles. The van der Waals surface area contributed by atoms with Crippen molar-refractivity contribution in [2.24, 2.45) is 0 Å². The Kier molecular flexibility index (Phi) is 2.63. The summed E-state index contributed by atoms with van der Waals surface area (Å²) >= 11 is 0. The highest BCUT2D eigenvalue weighted by molar-refractivity contribution is 6.15. The van der Waals surface area contributed by atoms with Crippen LogP contribution in [0.2, 0.25) is 0 Å². The van der Waals surface area contributed by atoms with Crippen molar-refractivity contribution in [3.05, 3.63) is 71.5 Å². The lowest BCUT2D eigenvalue weighted by atomic mass is 10.0. The second-order valence-electron chi connectivity index (χ2n) is 4.08. The van der Waals surface area contributed by atoms with Crippen LogP contribution in [0.25, 0.3) is 11.0 Å². The second-order valence-corrected chi connectivity index (χ2v) is 4.08. The van der Waals surface area contributed by atoms with Crippen LogP contribution in [0.4, 0.5) is 8.78 Å². The molecule has 0 aliphatic rings. The summed E-state index contributed by atoms with van der Waals surface area (Å²) in [6, 6.07) is 10.4. The number of halogens is 2. The highest BCUT2D eigenvalue weighted by atomic mass is 19.2. The first-order valence-electron chi connectivity index (χ1n) is 5.63. The van der Waals surface area contributed by atoms with E-state index in [1.54, 1.807) is 24.3 Å². The van der Waals surface area contributed by atoms with Crippen LogP contribution in [0.15, 0.2) is 53.1 Å². The maximum absolute atomic E-state index is 13.6. The molecule has 3 rings (SSSR count). The largest absolute Gasteiger partial charge is 0.464 e. The number of furan rings is 1. The number of carbonyl (C=O) groups is 1. The van der Waals surface area contributed by atoms with Gasteiger partial charge in [-0.15, -0.1) is 0 Å². The molecular formula is C15H8F2O2. The molecule has 3 aromatic rings. The lowest BCUT2D eigenvalue weighted by Crippen LogP contribution is -2.05. The predicted octanol–water partition coefficient (Wildman–Crippen LogP) is 3.94. The molecule has 0 radical (unpaired) electrons. The van der Waals surface area contributed by atoms with Gasteiger partial charge in [-0.1, -0.05) is 24.3 Å². The van der Waals surface area contributed by atoms with Gasteiger partial charge >= 0.3 is 0 Å². The molecule has 0 bridgehead atoms. The van der Waals surface area contributed by atoms with Crippen LogP contribution < -0.4 is 0 Å². The van der Waals surface area contributed by atoms with E-state index in [9.17, 15) is 13.6 Å². The number of para-hydroxylation sites is 1. The van der Waals surface area contributed by atoms with Crippen molar-refractivity contribution in [1.29, 1.82) is 0 Å². The molecule has 1 aromatic heterocycles. The number of carbonyl (C=O) groups excluding carboxylic acids is 1. The van der Waals surface area contributed by atoms with Crippen LogP contribution in [0, 0.1) is 11.6 Å². The quantitative estimate of drug-likeness (QED) is 0.652. The Bertz CT molecular complexity index is 775. The zero-order chi connectivity index (χ0) is 13.4. The first-order valence-corrected chi connectivity index (χ1v) is 5.63. The van der Waals surface area contributed by atoms with Gasteiger partial charge in [0.25, 0.3) is 0 Å². The minimum atomic E-state index is -1.14. The summed E-state index contributed by atoms with van der Waals surface area (Å²) in [6.07, 6.45) is 1.26. The molecule has 19 heavy (non-hydrogen) atoms. The third-order valence-corrected chi connectivity index (χ3v) is 2.92. The highest BCUT2D eigenvalue weighted by Gasteiger charge is 2.20. The summed E-state index contributed by atoms with van der Waals surface area (Å²) in [5.41, 5.74) is 0.453.